The average Bonchev–Trinajstić information content (AvgIpc) is 3.10. The molecule has 7 heteroatoms. The molecule has 0 spiro atoms. The van der Waals surface area contributed by atoms with Crippen molar-refractivity contribution in [3.05, 3.63) is 91.6 Å². The number of aromatic nitrogens is 2. The maximum absolute atomic E-state index is 12.5. The first-order chi connectivity index (χ1) is 14.8. The van der Waals surface area contributed by atoms with Crippen LogP contribution in [0.2, 0.25) is 0 Å². The number of halogens is 2. The monoisotopic (exact) mass is 542 g/mol. The van der Waals surface area contributed by atoms with E-state index < -0.39 is 0 Å². The maximum atomic E-state index is 12.5. The molecular formula is C24H24Br2N4O. The van der Waals surface area contributed by atoms with Gasteiger partial charge in [-0.2, -0.15) is 10.2 Å². The molecule has 3 aromatic rings. The van der Waals surface area contributed by atoms with Crippen LogP contribution in [0.15, 0.2) is 74.3 Å². The number of carbonyl (C=O) groups excluding carboxylic acids is 1. The van der Waals surface area contributed by atoms with Crippen LogP contribution in [-0.4, -0.2) is 21.9 Å². The Morgan fingerprint density at radius 3 is 2.45 bits per heavy atom. The highest BCUT2D eigenvalue weighted by Gasteiger charge is 2.14. The third-order valence-corrected chi connectivity index (χ3v) is 5.73. The fraction of sp³-hybridized carbons (Fsp3) is 0.208. The van der Waals surface area contributed by atoms with Crippen molar-refractivity contribution in [3.63, 3.8) is 0 Å². The summed E-state index contributed by atoms with van der Waals surface area (Å²) in [5, 5.41) is 8.44. The van der Waals surface area contributed by atoms with Crippen LogP contribution in [0, 0.1) is 0 Å². The minimum Gasteiger partial charge on any atom is -0.266 e. The number of rotatable bonds is 7. The highest BCUT2D eigenvalue weighted by molar-refractivity contribution is 9.10. The van der Waals surface area contributed by atoms with Crippen LogP contribution < -0.4 is 5.43 Å². The lowest BCUT2D eigenvalue weighted by atomic mass is 10.0. The third-order valence-electron chi connectivity index (χ3n) is 4.62. The zero-order chi connectivity index (χ0) is 22.4. The number of amides is 1. The second-order valence-electron chi connectivity index (χ2n) is 7.56. The van der Waals surface area contributed by atoms with Gasteiger partial charge in [-0.15, -0.1) is 0 Å². The fourth-order valence-corrected chi connectivity index (χ4v) is 3.69. The van der Waals surface area contributed by atoms with E-state index in [1.165, 1.54) is 5.56 Å². The quantitative estimate of drug-likeness (QED) is 0.277. The van der Waals surface area contributed by atoms with Crippen molar-refractivity contribution in [1.82, 2.24) is 15.2 Å². The molecule has 31 heavy (non-hydrogen) atoms. The van der Waals surface area contributed by atoms with Crippen molar-refractivity contribution in [2.75, 3.05) is 0 Å². The molecule has 0 bridgehead atoms. The fourth-order valence-electron chi connectivity index (χ4n) is 2.93. The summed E-state index contributed by atoms with van der Waals surface area (Å²) in [6.45, 7) is 6.86. The summed E-state index contributed by atoms with van der Waals surface area (Å²) >= 11 is 6.83. The van der Waals surface area contributed by atoms with Crippen molar-refractivity contribution in [3.8, 4) is 0 Å². The highest BCUT2D eigenvalue weighted by Crippen LogP contribution is 2.18. The standard InChI is InChI=1S/C24H24Br2N4O/c1-16(2)20-8-4-18(5-9-20)12-17(3)13-27-28-24(31)23-22(26)15-30(29-23)14-19-6-10-21(25)11-7-19/h4-13,15-16H,14H2,1-3H3,(H,28,31)/b17-12+,27-13-. The smallest absolute Gasteiger partial charge is 0.266 e. The second-order valence-corrected chi connectivity index (χ2v) is 9.33. The number of benzene rings is 2. The van der Waals surface area contributed by atoms with Crippen LogP contribution in [0.25, 0.3) is 6.08 Å². The summed E-state index contributed by atoms with van der Waals surface area (Å²) in [6, 6.07) is 16.4. The lowest BCUT2D eigenvalue weighted by molar-refractivity contribution is 0.0948. The number of nitrogens with one attached hydrogen (secondary N) is 1. The molecule has 5 nitrogen and oxygen atoms in total. The molecule has 0 saturated heterocycles. The third kappa shape index (κ3) is 6.74. The van der Waals surface area contributed by atoms with E-state index in [1.807, 2.05) is 37.3 Å². The Kier molecular flexibility index (Phi) is 7.98. The number of hydrazone groups is 1. The molecule has 3 rings (SSSR count). The van der Waals surface area contributed by atoms with Crippen molar-refractivity contribution in [2.24, 2.45) is 5.10 Å². The summed E-state index contributed by atoms with van der Waals surface area (Å²) in [5.74, 6) is 0.139. The highest BCUT2D eigenvalue weighted by atomic mass is 79.9. The van der Waals surface area contributed by atoms with Gasteiger partial charge in [0.15, 0.2) is 5.69 Å². The first-order valence-electron chi connectivity index (χ1n) is 9.91. The molecule has 0 saturated carbocycles. The van der Waals surface area contributed by atoms with Crippen molar-refractivity contribution >= 4 is 50.1 Å². The molecule has 0 atom stereocenters. The van der Waals surface area contributed by atoms with Gasteiger partial charge in [-0.1, -0.05) is 72.3 Å². The lowest BCUT2D eigenvalue weighted by Crippen LogP contribution is -2.19. The van der Waals surface area contributed by atoms with Crippen molar-refractivity contribution in [2.45, 2.75) is 33.2 Å². The Morgan fingerprint density at radius 2 is 1.81 bits per heavy atom. The summed E-state index contributed by atoms with van der Waals surface area (Å²) in [4.78, 5) is 12.5. The SMILES string of the molecule is CC(/C=N\NC(=O)c1nn(Cc2ccc(Br)cc2)cc1Br)=C\c1ccc(C(C)C)cc1. The number of allylic oxidation sites excluding steroid dienone is 1. The molecule has 0 aliphatic carbocycles. The predicted molar refractivity (Wildman–Crippen MR) is 133 cm³/mol. The first kappa shape index (κ1) is 23.2. The molecule has 0 aliphatic heterocycles. The number of nitrogens with zero attached hydrogens (tertiary/aromatic N) is 3. The molecular weight excluding hydrogens is 520 g/mol. The Labute approximate surface area is 199 Å². The zero-order valence-electron chi connectivity index (χ0n) is 17.6. The molecule has 0 fully saturated rings. The van der Waals surface area contributed by atoms with Crippen LogP contribution in [0.3, 0.4) is 0 Å². The Balaban J connectivity index is 1.60. The van der Waals surface area contributed by atoms with Gasteiger partial charge in [-0.3, -0.25) is 9.48 Å². The van der Waals surface area contributed by atoms with Gasteiger partial charge in [0.05, 0.1) is 17.2 Å². The van der Waals surface area contributed by atoms with Crippen molar-refractivity contribution in [1.29, 1.82) is 0 Å². The number of hydrogen-bond acceptors (Lipinski definition) is 3. The Hall–Kier alpha value is -2.51. The topological polar surface area (TPSA) is 59.3 Å². The normalized spacial score (nSPS) is 12.0. The summed E-state index contributed by atoms with van der Waals surface area (Å²) in [5.41, 5.74) is 7.25. The molecule has 0 radical (unpaired) electrons. The van der Waals surface area contributed by atoms with Crippen LogP contribution in [0.5, 0.6) is 0 Å². The summed E-state index contributed by atoms with van der Waals surface area (Å²) in [7, 11) is 0. The van der Waals surface area contributed by atoms with Crippen LogP contribution in [-0.2, 0) is 6.54 Å². The van der Waals surface area contributed by atoms with E-state index in [-0.39, 0.29) is 5.91 Å². The number of hydrogen-bond donors (Lipinski definition) is 1. The molecule has 0 unspecified atom stereocenters. The molecule has 1 amide bonds. The molecule has 1 aromatic heterocycles. The van der Waals surface area contributed by atoms with E-state index in [0.717, 1.165) is 21.2 Å². The van der Waals surface area contributed by atoms with Crippen LogP contribution in [0.4, 0.5) is 0 Å². The van der Waals surface area contributed by atoms with Gasteiger partial charge in [-0.05, 0) is 63.2 Å². The van der Waals surface area contributed by atoms with Gasteiger partial charge in [0.25, 0.3) is 5.91 Å². The minimum absolute atomic E-state index is 0.292. The van der Waals surface area contributed by atoms with Gasteiger partial charge in [0.1, 0.15) is 0 Å². The van der Waals surface area contributed by atoms with E-state index in [4.69, 9.17) is 0 Å². The summed E-state index contributed by atoms with van der Waals surface area (Å²) in [6.07, 6.45) is 5.43. The average molecular weight is 544 g/mol. The Bertz CT molecular complexity index is 1100. The van der Waals surface area contributed by atoms with E-state index in [1.54, 1.807) is 17.1 Å². The van der Waals surface area contributed by atoms with E-state index in [9.17, 15) is 4.79 Å². The molecule has 0 aliphatic rings. The van der Waals surface area contributed by atoms with Crippen LogP contribution >= 0.6 is 31.9 Å². The molecule has 160 valence electrons. The van der Waals surface area contributed by atoms with E-state index >= 15 is 0 Å². The van der Waals surface area contributed by atoms with E-state index in [2.05, 4.69) is 85.6 Å². The van der Waals surface area contributed by atoms with Gasteiger partial charge in [-0.25, -0.2) is 5.43 Å². The summed E-state index contributed by atoms with van der Waals surface area (Å²) < 4.78 is 3.36. The first-order valence-corrected chi connectivity index (χ1v) is 11.5. The van der Waals surface area contributed by atoms with Gasteiger partial charge in [0.2, 0.25) is 0 Å². The minimum atomic E-state index is -0.369. The lowest BCUT2D eigenvalue weighted by Gasteiger charge is -2.05. The Morgan fingerprint density at radius 1 is 1.13 bits per heavy atom. The maximum Gasteiger partial charge on any atom is 0.293 e. The van der Waals surface area contributed by atoms with Gasteiger partial charge in [0, 0.05) is 10.7 Å². The molecule has 1 N–H and O–H groups in total. The van der Waals surface area contributed by atoms with Gasteiger partial charge < -0.3 is 0 Å². The van der Waals surface area contributed by atoms with E-state index in [0.29, 0.717) is 22.6 Å². The molecule has 2 aromatic carbocycles. The largest absolute Gasteiger partial charge is 0.293 e. The van der Waals surface area contributed by atoms with Crippen LogP contribution in [0.1, 0.15) is 53.9 Å². The van der Waals surface area contributed by atoms with Gasteiger partial charge >= 0.3 is 0 Å². The van der Waals surface area contributed by atoms with Crippen molar-refractivity contribution < 1.29 is 4.79 Å². The predicted octanol–water partition coefficient (Wildman–Crippen LogP) is 6.40. The zero-order valence-corrected chi connectivity index (χ0v) is 20.8. The number of carbonyl (C=O) groups is 1. The second kappa shape index (κ2) is 10.7. The molecule has 1 heterocycles.